The number of ether oxygens (including phenoxy) is 2. The molecule has 4 unspecified atom stereocenters. The molecule has 2 saturated heterocycles. The number of benzene rings is 2. The summed E-state index contributed by atoms with van der Waals surface area (Å²) in [5.74, 6) is 0. The molecule has 3 nitrogen and oxygen atoms in total. The van der Waals surface area contributed by atoms with Crippen molar-refractivity contribution in [2.45, 2.75) is 115 Å². The summed E-state index contributed by atoms with van der Waals surface area (Å²) in [6.07, 6.45) is 8.03. The van der Waals surface area contributed by atoms with Gasteiger partial charge < -0.3 is 14.8 Å². The molecule has 4 atom stereocenters. The van der Waals surface area contributed by atoms with Crippen molar-refractivity contribution in [3.05, 3.63) is 70.8 Å². The highest BCUT2D eigenvalue weighted by molar-refractivity contribution is 5.30. The molecule has 0 bridgehead atoms. The van der Waals surface area contributed by atoms with Crippen LogP contribution in [0.5, 0.6) is 0 Å². The Labute approximate surface area is 214 Å². The second-order valence-electron chi connectivity index (χ2n) is 12.7. The van der Waals surface area contributed by atoms with E-state index in [4.69, 9.17) is 9.47 Å². The molecule has 192 valence electrons. The van der Waals surface area contributed by atoms with Crippen LogP contribution in [0, 0.1) is 0 Å². The van der Waals surface area contributed by atoms with E-state index < -0.39 is 0 Å². The summed E-state index contributed by atoms with van der Waals surface area (Å²) < 4.78 is 12.8. The molecule has 2 heterocycles. The summed E-state index contributed by atoms with van der Waals surface area (Å²) in [6.45, 7) is 15.6. The van der Waals surface area contributed by atoms with Gasteiger partial charge >= 0.3 is 0 Å². The molecule has 0 aromatic heterocycles. The minimum atomic E-state index is 0.200. The summed E-state index contributed by atoms with van der Waals surface area (Å²) in [5, 5.41) is 3.64. The predicted octanol–water partition coefficient (Wildman–Crippen LogP) is 7.79. The van der Waals surface area contributed by atoms with Gasteiger partial charge in [0.15, 0.2) is 0 Å². The normalized spacial score (nSPS) is 25.3. The van der Waals surface area contributed by atoms with Gasteiger partial charge in [0.25, 0.3) is 0 Å². The van der Waals surface area contributed by atoms with Gasteiger partial charge in [-0.2, -0.15) is 0 Å². The summed E-state index contributed by atoms with van der Waals surface area (Å²) in [7, 11) is 0. The molecule has 2 fully saturated rings. The summed E-state index contributed by atoms with van der Waals surface area (Å²) in [5.41, 5.74) is 5.83. The zero-order chi connectivity index (χ0) is 25.1. The van der Waals surface area contributed by atoms with E-state index in [1.165, 1.54) is 22.3 Å². The van der Waals surface area contributed by atoms with Crippen LogP contribution in [-0.2, 0) is 20.3 Å². The molecule has 2 aromatic carbocycles. The van der Waals surface area contributed by atoms with Crippen molar-refractivity contribution in [2.75, 3.05) is 13.1 Å². The van der Waals surface area contributed by atoms with Gasteiger partial charge in [-0.15, -0.1) is 0 Å². The van der Waals surface area contributed by atoms with Crippen LogP contribution in [0.15, 0.2) is 48.5 Å². The van der Waals surface area contributed by atoms with Gasteiger partial charge in [-0.05, 0) is 84.7 Å². The van der Waals surface area contributed by atoms with Gasteiger partial charge in [0.2, 0.25) is 0 Å². The quantitative estimate of drug-likeness (QED) is 0.394. The van der Waals surface area contributed by atoms with E-state index in [2.05, 4.69) is 95.4 Å². The Morgan fingerprint density at radius 2 is 0.971 bits per heavy atom. The van der Waals surface area contributed by atoms with Crippen molar-refractivity contribution >= 4 is 0 Å². The van der Waals surface area contributed by atoms with Crippen molar-refractivity contribution < 1.29 is 9.47 Å². The molecule has 3 heteroatoms. The Balaban J connectivity index is 1.12. The largest absolute Gasteiger partial charge is 0.370 e. The van der Waals surface area contributed by atoms with Crippen molar-refractivity contribution in [1.82, 2.24) is 5.32 Å². The van der Waals surface area contributed by atoms with E-state index in [0.29, 0.717) is 12.2 Å². The molecule has 2 aromatic rings. The van der Waals surface area contributed by atoms with E-state index >= 15 is 0 Å². The maximum Gasteiger partial charge on any atom is 0.0829 e. The number of hydrogen-bond donors (Lipinski definition) is 1. The first kappa shape index (κ1) is 26.4. The lowest BCUT2D eigenvalue weighted by molar-refractivity contribution is 0.0365. The second-order valence-corrected chi connectivity index (χ2v) is 12.7. The number of nitrogens with one attached hydrogen (secondary N) is 1. The van der Waals surface area contributed by atoms with Crippen molar-refractivity contribution in [2.24, 2.45) is 0 Å². The van der Waals surface area contributed by atoms with Crippen LogP contribution in [0.2, 0.25) is 0 Å². The van der Waals surface area contributed by atoms with E-state index in [1.807, 2.05) is 0 Å². The lowest BCUT2D eigenvalue weighted by atomic mass is 9.86. The van der Waals surface area contributed by atoms with Crippen LogP contribution in [-0.4, -0.2) is 25.3 Å². The fraction of sp³-hybridized carbons (Fsp3) is 0.625. The van der Waals surface area contributed by atoms with Gasteiger partial charge in [-0.25, -0.2) is 0 Å². The van der Waals surface area contributed by atoms with Gasteiger partial charge in [-0.3, -0.25) is 0 Å². The lowest BCUT2D eigenvalue weighted by Crippen LogP contribution is -2.24. The standard InChI is InChI=1S/C32H47NO2/c1-31(2,3)25-11-7-23(8-12-25)29-17-15-27(34-29)19-21-33-22-20-28-16-18-30(35-28)24-9-13-26(14-10-24)32(4,5)6/h7-14,27-30,33H,15-22H2,1-6H3. The molecule has 4 rings (SSSR count). The van der Waals surface area contributed by atoms with Crippen LogP contribution >= 0.6 is 0 Å². The van der Waals surface area contributed by atoms with Crippen LogP contribution in [0.4, 0.5) is 0 Å². The average molecular weight is 478 g/mol. The second kappa shape index (κ2) is 11.2. The zero-order valence-corrected chi connectivity index (χ0v) is 22.9. The maximum atomic E-state index is 6.38. The minimum absolute atomic E-state index is 0.200. The van der Waals surface area contributed by atoms with Crippen molar-refractivity contribution in [3.63, 3.8) is 0 Å². The van der Waals surface area contributed by atoms with Gasteiger partial charge in [0, 0.05) is 0 Å². The van der Waals surface area contributed by atoms with E-state index in [9.17, 15) is 0 Å². The Hall–Kier alpha value is -1.68. The first-order valence-electron chi connectivity index (χ1n) is 13.8. The fourth-order valence-electron chi connectivity index (χ4n) is 5.37. The smallest absolute Gasteiger partial charge is 0.0829 e. The van der Waals surface area contributed by atoms with Crippen molar-refractivity contribution in [1.29, 1.82) is 0 Å². The fourth-order valence-corrected chi connectivity index (χ4v) is 5.37. The molecular weight excluding hydrogens is 430 g/mol. The Morgan fingerprint density at radius 3 is 1.31 bits per heavy atom. The molecule has 0 saturated carbocycles. The average Bonchev–Trinajstić information content (AvgIpc) is 3.48. The first-order chi connectivity index (χ1) is 16.6. The van der Waals surface area contributed by atoms with Crippen LogP contribution in [0.1, 0.15) is 115 Å². The molecule has 0 amide bonds. The Kier molecular flexibility index (Phi) is 8.41. The lowest BCUT2D eigenvalue weighted by Gasteiger charge is -2.20. The monoisotopic (exact) mass is 477 g/mol. The summed E-state index contributed by atoms with van der Waals surface area (Å²) in [6, 6.07) is 18.1. The Bertz CT molecular complexity index is 843. The highest BCUT2D eigenvalue weighted by Crippen LogP contribution is 2.36. The zero-order valence-electron chi connectivity index (χ0n) is 22.9. The molecule has 0 radical (unpaired) electrons. The van der Waals surface area contributed by atoms with Crippen LogP contribution < -0.4 is 5.32 Å². The van der Waals surface area contributed by atoms with Gasteiger partial charge in [0.1, 0.15) is 0 Å². The number of hydrogen-bond acceptors (Lipinski definition) is 3. The molecular formula is C32H47NO2. The molecule has 0 spiro atoms. The third-order valence-corrected chi connectivity index (χ3v) is 7.80. The summed E-state index contributed by atoms with van der Waals surface area (Å²) >= 11 is 0. The molecule has 2 aliphatic rings. The molecule has 2 aliphatic heterocycles. The Morgan fingerprint density at radius 1 is 0.600 bits per heavy atom. The molecule has 35 heavy (non-hydrogen) atoms. The van der Waals surface area contributed by atoms with Crippen LogP contribution in [0.25, 0.3) is 0 Å². The minimum Gasteiger partial charge on any atom is -0.370 e. The third kappa shape index (κ3) is 7.18. The van der Waals surface area contributed by atoms with Gasteiger partial charge in [0.05, 0.1) is 24.4 Å². The molecule has 0 aliphatic carbocycles. The topological polar surface area (TPSA) is 30.5 Å². The summed E-state index contributed by atoms with van der Waals surface area (Å²) in [4.78, 5) is 0. The van der Waals surface area contributed by atoms with E-state index in [-0.39, 0.29) is 23.0 Å². The SMILES string of the molecule is CC(C)(C)c1ccc(C2CCC(CCNCCC3CCC(c4ccc(C(C)(C)C)cc4)O3)O2)cc1. The van der Waals surface area contributed by atoms with Gasteiger partial charge in [-0.1, -0.05) is 90.1 Å². The highest BCUT2D eigenvalue weighted by atomic mass is 16.5. The van der Waals surface area contributed by atoms with Crippen LogP contribution in [0.3, 0.4) is 0 Å². The van der Waals surface area contributed by atoms with E-state index in [1.54, 1.807) is 0 Å². The molecule has 1 N–H and O–H groups in total. The maximum absolute atomic E-state index is 6.38. The first-order valence-corrected chi connectivity index (χ1v) is 13.8. The highest BCUT2D eigenvalue weighted by Gasteiger charge is 2.28. The number of rotatable bonds is 8. The predicted molar refractivity (Wildman–Crippen MR) is 146 cm³/mol. The van der Waals surface area contributed by atoms with Crippen molar-refractivity contribution in [3.8, 4) is 0 Å². The van der Waals surface area contributed by atoms with E-state index in [0.717, 1.165) is 51.6 Å². The third-order valence-electron chi connectivity index (χ3n) is 7.80.